The summed E-state index contributed by atoms with van der Waals surface area (Å²) < 4.78 is 12.7. The van der Waals surface area contributed by atoms with E-state index in [-0.39, 0.29) is 11.7 Å². The second-order valence-corrected chi connectivity index (χ2v) is 5.26. The van der Waals surface area contributed by atoms with Crippen LogP contribution in [0, 0.1) is 11.7 Å². The van der Waals surface area contributed by atoms with E-state index < -0.39 is 0 Å². The summed E-state index contributed by atoms with van der Waals surface area (Å²) in [7, 11) is 0. The Morgan fingerprint density at radius 3 is 2.63 bits per heavy atom. The fraction of sp³-hybridized carbons (Fsp3) is 0.438. The zero-order valence-electron chi connectivity index (χ0n) is 11.2. The largest absolute Gasteiger partial charge is 0.350 e. The molecule has 1 amide bonds. The van der Waals surface area contributed by atoms with Crippen molar-refractivity contribution in [1.82, 2.24) is 5.32 Å². The molecule has 0 saturated heterocycles. The van der Waals surface area contributed by atoms with Crippen LogP contribution in [-0.2, 0) is 4.79 Å². The fourth-order valence-electron chi connectivity index (χ4n) is 2.51. The SMILES string of the molecule is C[C@@H]1CCCC[C@@H]1NC(=O)/C=C/c1ccc(F)cc1. The minimum atomic E-state index is -0.266. The third kappa shape index (κ3) is 4.19. The van der Waals surface area contributed by atoms with Gasteiger partial charge in [-0.15, -0.1) is 0 Å². The Morgan fingerprint density at radius 1 is 1.26 bits per heavy atom. The Bertz CT molecular complexity index is 452. The minimum absolute atomic E-state index is 0.0666. The quantitative estimate of drug-likeness (QED) is 0.828. The smallest absolute Gasteiger partial charge is 0.244 e. The highest BCUT2D eigenvalue weighted by Gasteiger charge is 2.21. The summed E-state index contributed by atoms with van der Waals surface area (Å²) in [5.74, 6) is 0.220. The fourth-order valence-corrected chi connectivity index (χ4v) is 2.51. The first-order valence-corrected chi connectivity index (χ1v) is 6.89. The molecule has 0 heterocycles. The Balaban J connectivity index is 1.88. The Hall–Kier alpha value is -1.64. The molecular formula is C16H20FNO. The van der Waals surface area contributed by atoms with Gasteiger partial charge in [-0.05, 0) is 42.5 Å². The first-order valence-electron chi connectivity index (χ1n) is 6.89. The van der Waals surface area contributed by atoms with E-state index in [1.165, 1.54) is 37.5 Å². The van der Waals surface area contributed by atoms with Crippen molar-refractivity contribution in [3.8, 4) is 0 Å². The van der Waals surface area contributed by atoms with E-state index >= 15 is 0 Å². The van der Waals surface area contributed by atoms with Crippen LogP contribution in [0.15, 0.2) is 30.3 Å². The van der Waals surface area contributed by atoms with Crippen LogP contribution in [0.25, 0.3) is 6.08 Å². The van der Waals surface area contributed by atoms with Crippen molar-refractivity contribution in [3.63, 3.8) is 0 Å². The molecular weight excluding hydrogens is 241 g/mol. The molecule has 19 heavy (non-hydrogen) atoms. The number of hydrogen-bond donors (Lipinski definition) is 1. The van der Waals surface area contributed by atoms with Crippen LogP contribution in [0.3, 0.4) is 0 Å². The zero-order chi connectivity index (χ0) is 13.7. The molecule has 1 saturated carbocycles. The minimum Gasteiger partial charge on any atom is -0.350 e. The molecule has 0 aliphatic heterocycles. The normalized spacial score (nSPS) is 23.5. The highest BCUT2D eigenvalue weighted by Crippen LogP contribution is 2.23. The van der Waals surface area contributed by atoms with E-state index in [0.29, 0.717) is 12.0 Å². The third-order valence-corrected chi connectivity index (χ3v) is 3.74. The molecule has 1 aromatic carbocycles. The summed E-state index contributed by atoms with van der Waals surface area (Å²) in [6, 6.07) is 6.38. The van der Waals surface area contributed by atoms with Gasteiger partial charge in [0.05, 0.1) is 0 Å². The lowest BCUT2D eigenvalue weighted by Crippen LogP contribution is -2.40. The van der Waals surface area contributed by atoms with Crippen molar-refractivity contribution in [1.29, 1.82) is 0 Å². The standard InChI is InChI=1S/C16H20FNO/c1-12-4-2-3-5-15(12)18-16(19)11-8-13-6-9-14(17)10-7-13/h6-12,15H,2-5H2,1H3,(H,18,19)/b11-8+/t12-,15+/m1/s1. The summed E-state index contributed by atoms with van der Waals surface area (Å²) in [4.78, 5) is 11.8. The Kier molecular flexibility index (Phi) is 4.72. The van der Waals surface area contributed by atoms with Crippen LogP contribution in [0.4, 0.5) is 4.39 Å². The number of carbonyl (C=O) groups excluding carboxylic acids is 1. The van der Waals surface area contributed by atoms with E-state index in [2.05, 4.69) is 12.2 Å². The van der Waals surface area contributed by atoms with E-state index in [0.717, 1.165) is 12.0 Å². The number of benzene rings is 1. The summed E-state index contributed by atoms with van der Waals surface area (Å²) in [5, 5.41) is 3.05. The topological polar surface area (TPSA) is 29.1 Å². The molecule has 0 spiro atoms. The van der Waals surface area contributed by atoms with Crippen LogP contribution in [0.1, 0.15) is 38.2 Å². The lowest BCUT2D eigenvalue weighted by Gasteiger charge is -2.29. The van der Waals surface area contributed by atoms with Crippen molar-refractivity contribution >= 4 is 12.0 Å². The van der Waals surface area contributed by atoms with Gasteiger partial charge >= 0.3 is 0 Å². The molecule has 2 rings (SSSR count). The van der Waals surface area contributed by atoms with Crippen LogP contribution in [0.5, 0.6) is 0 Å². The molecule has 3 heteroatoms. The van der Waals surface area contributed by atoms with Gasteiger partial charge in [0.15, 0.2) is 0 Å². The van der Waals surface area contributed by atoms with Crippen molar-refractivity contribution in [2.45, 2.75) is 38.6 Å². The van der Waals surface area contributed by atoms with E-state index in [1.54, 1.807) is 18.2 Å². The maximum Gasteiger partial charge on any atom is 0.244 e. The molecule has 0 unspecified atom stereocenters. The highest BCUT2D eigenvalue weighted by molar-refractivity contribution is 5.91. The lowest BCUT2D eigenvalue weighted by atomic mass is 9.86. The monoisotopic (exact) mass is 261 g/mol. The summed E-state index contributed by atoms with van der Waals surface area (Å²) >= 11 is 0. The van der Waals surface area contributed by atoms with Crippen molar-refractivity contribution in [2.24, 2.45) is 5.92 Å². The predicted octanol–water partition coefficient (Wildman–Crippen LogP) is 3.53. The highest BCUT2D eigenvalue weighted by atomic mass is 19.1. The molecule has 0 bridgehead atoms. The maximum absolute atomic E-state index is 12.7. The van der Waals surface area contributed by atoms with E-state index in [1.807, 2.05) is 0 Å². The zero-order valence-corrected chi connectivity index (χ0v) is 11.2. The molecule has 1 aliphatic rings. The van der Waals surface area contributed by atoms with Gasteiger partial charge in [-0.2, -0.15) is 0 Å². The summed E-state index contributed by atoms with van der Waals surface area (Å²) in [6.45, 7) is 2.19. The second kappa shape index (κ2) is 6.50. The number of amides is 1. The Labute approximate surface area is 113 Å². The van der Waals surface area contributed by atoms with Crippen molar-refractivity contribution in [3.05, 3.63) is 41.7 Å². The van der Waals surface area contributed by atoms with Gasteiger partial charge in [0.25, 0.3) is 0 Å². The average Bonchev–Trinajstić information content (AvgIpc) is 2.41. The molecule has 2 atom stereocenters. The first kappa shape index (κ1) is 13.8. The van der Waals surface area contributed by atoms with Gasteiger partial charge in [0.1, 0.15) is 5.82 Å². The van der Waals surface area contributed by atoms with Crippen molar-refractivity contribution in [2.75, 3.05) is 0 Å². The molecule has 0 radical (unpaired) electrons. The number of carbonyl (C=O) groups is 1. The number of hydrogen-bond acceptors (Lipinski definition) is 1. The number of halogens is 1. The lowest BCUT2D eigenvalue weighted by molar-refractivity contribution is -0.117. The molecule has 1 aromatic rings. The van der Waals surface area contributed by atoms with Crippen LogP contribution in [-0.4, -0.2) is 11.9 Å². The first-order chi connectivity index (χ1) is 9.15. The van der Waals surface area contributed by atoms with Gasteiger partial charge < -0.3 is 5.32 Å². The summed E-state index contributed by atoms with van der Waals surface area (Å²) in [6.07, 6.45) is 7.94. The van der Waals surface area contributed by atoms with Crippen LogP contribution in [0.2, 0.25) is 0 Å². The van der Waals surface area contributed by atoms with Crippen LogP contribution >= 0.6 is 0 Å². The second-order valence-electron chi connectivity index (χ2n) is 5.26. The van der Waals surface area contributed by atoms with E-state index in [4.69, 9.17) is 0 Å². The van der Waals surface area contributed by atoms with Gasteiger partial charge in [0.2, 0.25) is 5.91 Å². The van der Waals surface area contributed by atoms with Gasteiger partial charge in [-0.3, -0.25) is 4.79 Å². The van der Waals surface area contributed by atoms with Gasteiger partial charge in [-0.1, -0.05) is 31.9 Å². The molecule has 102 valence electrons. The van der Waals surface area contributed by atoms with Crippen LogP contribution < -0.4 is 5.32 Å². The van der Waals surface area contributed by atoms with Gasteiger partial charge in [-0.25, -0.2) is 4.39 Å². The Morgan fingerprint density at radius 2 is 1.95 bits per heavy atom. The average molecular weight is 261 g/mol. The van der Waals surface area contributed by atoms with Crippen molar-refractivity contribution < 1.29 is 9.18 Å². The predicted molar refractivity (Wildman–Crippen MR) is 75.0 cm³/mol. The van der Waals surface area contributed by atoms with E-state index in [9.17, 15) is 9.18 Å². The molecule has 1 fully saturated rings. The molecule has 1 aliphatic carbocycles. The molecule has 2 nitrogen and oxygen atoms in total. The number of nitrogens with one attached hydrogen (secondary N) is 1. The number of rotatable bonds is 3. The molecule has 1 N–H and O–H groups in total. The van der Waals surface area contributed by atoms with Gasteiger partial charge in [0, 0.05) is 12.1 Å². The third-order valence-electron chi connectivity index (χ3n) is 3.74. The summed E-state index contributed by atoms with van der Waals surface area (Å²) in [5.41, 5.74) is 0.827. The maximum atomic E-state index is 12.7. The molecule has 0 aromatic heterocycles.